The minimum atomic E-state index is -0.286. The molecule has 4 heteroatoms. The summed E-state index contributed by atoms with van der Waals surface area (Å²) in [6.45, 7) is 1.89. The summed E-state index contributed by atoms with van der Waals surface area (Å²) in [6.07, 6.45) is 0.484. The lowest BCUT2D eigenvalue weighted by Crippen LogP contribution is -2.31. The second-order valence-electron chi connectivity index (χ2n) is 3.56. The number of hydrogen-bond acceptors (Lipinski definition) is 2. The SMILES string of the molecule is C[C](Cc1ccc(F)cc1)C(=O)NCCO. The van der Waals surface area contributed by atoms with Crippen LogP contribution in [0.2, 0.25) is 0 Å². The number of rotatable bonds is 5. The van der Waals surface area contributed by atoms with Gasteiger partial charge < -0.3 is 10.4 Å². The molecule has 1 aromatic rings. The van der Waals surface area contributed by atoms with Crippen LogP contribution in [0.25, 0.3) is 0 Å². The van der Waals surface area contributed by atoms with Gasteiger partial charge in [0.25, 0.3) is 0 Å². The first kappa shape index (κ1) is 12.6. The summed E-state index contributed by atoms with van der Waals surface area (Å²) >= 11 is 0. The first-order valence-corrected chi connectivity index (χ1v) is 5.09. The highest BCUT2D eigenvalue weighted by atomic mass is 19.1. The fourth-order valence-electron chi connectivity index (χ4n) is 1.31. The summed E-state index contributed by atoms with van der Waals surface area (Å²) < 4.78 is 12.6. The molecule has 0 aliphatic carbocycles. The quantitative estimate of drug-likeness (QED) is 0.786. The van der Waals surface area contributed by atoms with E-state index in [9.17, 15) is 9.18 Å². The van der Waals surface area contributed by atoms with Gasteiger partial charge in [-0.3, -0.25) is 4.79 Å². The van der Waals surface area contributed by atoms with Gasteiger partial charge in [0.1, 0.15) is 5.82 Å². The smallest absolute Gasteiger partial charge is 0.227 e. The molecule has 2 N–H and O–H groups in total. The van der Waals surface area contributed by atoms with Crippen LogP contribution in [0.5, 0.6) is 0 Å². The Kier molecular flexibility index (Phi) is 4.92. The number of halogens is 1. The maximum absolute atomic E-state index is 12.6. The zero-order valence-electron chi connectivity index (χ0n) is 9.16. The van der Waals surface area contributed by atoms with Crippen molar-refractivity contribution in [3.63, 3.8) is 0 Å². The molecular weight excluding hydrogens is 209 g/mol. The molecule has 0 spiro atoms. The average Bonchev–Trinajstić information content (AvgIpc) is 2.29. The molecule has 1 amide bonds. The Bertz CT molecular complexity index is 337. The topological polar surface area (TPSA) is 49.3 Å². The molecule has 87 valence electrons. The van der Waals surface area contributed by atoms with E-state index in [1.54, 1.807) is 19.1 Å². The van der Waals surface area contributed by atoms with Crippen molar-refractivity contribution in [3.05, 3.63) is 41.6 Å². The molecule has 0 bridgehead atoms. The normalized spacial score (nSPS) is 10.5. The number of aliphatic hydroxyl groups is 1. The maximum atomic E-state index is 12.6. The molecule has 0 unspecified atom stereocenters. The highest BCUT2D eigenvalue weighted by molar-refractivity contribution is 5.89. The lowest BCUT2D eigenvalue weighted by molar-refractivity contribution is -0.119. The molecule has 16 heavy (non-hydrogen) atoms. The van der Waals surface area contributed by atoms with Crippen LogP contribution in [0.15, 0.2) is 24.3 Å². The summed E-state index contributed by atoms with van der Waals surface area (Å²) in [5.41, 5.74) is 0.887. The zero-order chi connectivity index (χ0) is 12.0. The molecule has 0 saturated carbocycles. The summed E-state index contributed by atoms with van der Waals surface area (Å²) in [5, 5.41) is 11.1. The Balaban J connectivity index is 2.47. The van der Waals surface area contributed by atoms with Gasteiger partial charge in [-0.15, -0.1) is 0 Å². The van der Waals surface area contributed by atoms with E-state index in [4.69, 9.17) is 5.11 Å². The molecule has 0 fully saturated rings. The highest BCUT2D eigenvalue weighted by Crippen LogP contribution is 2.11. The number of amides is 1. The molecular formula is C12H15FNO2. The largest absolute Gasteiger partial charge is 0.395 e. The van der Waals surface area contributed by atoms with Crippen LogP contribution in [0.3, 0.4) is 0 Å². The molecule has 0 atom stereocenters. The zero-order valence-corrected chi connectivity index (χ0v) is 9.16. The van der Waals surface area contributed by atoms with Gasteiger partial charge in [0.2, 0.25) is 5.91 Å². The van der Waals surface area contributed by atoms with E-state index in [1.165, 1.54) is 12.1 Å². The van der Waals surface area contributed by atoms with Crippen molar-refractivity contribution in [2.24, 2.45) is 0 Å². The molecule has 1 radical (unpaired) electrons. The van der Waals surface area contributed by atoms with E-state index >= 15 is 0 Å². The lowest BCUT2D eigenvalue weighted by Gasteiger charge is -2.10. The third-order valence-electron chi connectivity index (χ3n) is 2.17. The van der Waals surface area contributed by atoms with Gasteiger partial charge in [-0.05, 0) is 31.0 Å². The van der Waals surface area contributed by atoms with Gasteiger partial charge in [0, 0.05) is 6.54 Å². The fraction of sp³-hybridized carbons (Fsp3) is 0.333. The van der Waals surface area contributed by atoms with Gasteiger partial charge in [-0.25, -0.2) is 4.39 Å². The number of nitrogens with one attached hydrogen (secondary N) is 1. The van der Waals surface area contributed by atoms with Gasteiger partial charge in [-0.2, -0.15) is 0 Å². The molecule has 0 heterocycles. The predicted molar refractivity (Wildman–Crippen MR) is 59.1 cm³/mol. The monoisotopic (exact) mass is 224 g/mol. The first-order chi connectivity index (χ1) is 7.63. The van der Waals surface area contributed by atoms with Gasteiger partial charge >= 0.3 is 0 Å². The van der Waals surface area contributed by atoms with Gasteiger partial charge in [0.15, 0.2) is 0 Å². The summed E-state index contributed by atoms with van der Waals surface area (Å²) in [4.78, 5) is 11.4. The van der Waals surface area contributed by atoms with Crippen molar-refractivity contribution in [2.45, 2.75) is 13.3 Å². The minimum absolute atomic E-state index is 0.0738. The average molecular weight is 224 g/mol. The first-order valence-electron chi connectivity index (χ1n) is 5.09. The second-order valence-corrected chi connectivity index (χ2v) is 3.56. The van der Waals surface area contributed by atoms with Crippen molar-refractivity contribution in [3.8, 4) is 0 Å². The maximum Gasteiger partial charge on any atom is 0.227 e. The Morgan fingerprint density at radius 1 is 1.38 bits per heavy atom. The molecule has 0 aliphatic heterocycles. The molecule has 3 nitrogen and oxygen atoms in total. The summed E-state index contributed by atoms with van der Waals surface area (Å²) in [7, 11) is 0. The van der Waals surface area contributed by atoms with E-state index < -0.39 is 0 Å². The Labute approximate surface area is 94.3 Å². The molecule has 0 aromatic heterocycles. The van der Waals surface area contributed by atoms with Crippen molar-refractivity contribution in [1.29, 1.82) is 0 Å². The van der Waals surface area contributed by atoms with Crippen LogP contribution in [0, 0.1) is 11.7 Å². The lowest BCUT2D eigenvalue weighted by atomic mass is 10.0. The minimum Gasteiger partial charge on any atom is -0.395 e. The Hall–Kier alpha value is -1.42. The Morgan fingerprint density at radius 2 is 2.00 bits per heavy atom. The number of aliphatic hydroxyl groups excluding tert-OH is 1. The van der Waals surface area contributed by atoms with Crippen LogP contribution >= 0.6 is 0 Å². The van der Waals surface area contributed by atoms with E-state index in [0.29, 0.717) is 12.3 Å². The van der Waals surface area contributed by atoms with E-state index in [-0.39, 0.29) is 24.9 Å². The molecule has 0 aliphatic rings. The standard InChI is InChI=1S/C12H15FNO2/c1-9(12(16)14-6-7-15)8-10-2-4-11(13)5-3-10/h2-5,15H,6-8H2,1H3,(H,14,16). The number of benzene rings is 1. The third kappa shape index (κ3) is 3.98. The number of carbonyl (C=O) groups is 1. The molecule has 1 rings (SSSR count). The fourth-order valence-corrected chi connectivity index (χ4v) is 1.31. The molecule has 1 aromatic carbocycles. The van der Waals surface area contributed by atoms with Crippen molar-refractivity contribution >= 4 is 5.91 Å². The highest BCUT2D eigenvalue weighted by Gasteiger charge is 2.13. The third-order valence-corrected chi connectivity index (χ3v) is 2.17. The number of carbonyl (C=O) groups excluding carboxylic acids is 1. The van der Waals surface area contributed by atoms with Crippen molar-refractivity contribution in [2.75, 3.05) is 13.2 Å². The predicted octanol–water partition coefficient (Wildman–Crippen LogP) is 1.07. The summed E-state index contributed by atoms with van der Waals surface area (Å²) in [5.74, 6) is 0.171. The van der Waals surface area contributed by atoms with Crippen LogP contribution < -0.4 is 5.32 Å². The van der Waals surface area contributed by atoms with Gasteiger partial charge in [0.05, 0.1) is 12.5 Å². The molecule has 0 saturated heterocycles. The second kappa shape index (κ2) is 6.23. The van der Waals surface area contributed by atoms with Crippen molar-refractivity contribution < 1.29 is 14.3 Å². The van der Waals surface area contributed by atoms with Gasteiger partial charge in [-0.1, -0.05) is 12.1 Å². The van der Waals surface area contributed by atoms with Crippen LogP contribution in [0.1, 0.15) is 12.5 Å². The van der Waals surface area contributed by atoms with E-state index in [2.05, 4.69) is 5.32 Å². The van der Waals surface area contributed by atoms with E-state index in [1.807, 2.05) is 0 Å². The van der Waals surface area contributed by atoms with E-state index in [0.717, 1.165) is 5.56 Å². The Morgan fingerprint density at radius 3 is 2.56 bits per heavy atom. The van der Waals surface area contributed by atoms with Crippen LogP contribution in [0.4, 0.5) is 4.39 Å². The van der Waals surface area contributed by atoms with Crippen LogP contribution in [-0.2, 0) is 11.2 Å². The summed E-state index contributed by atoms with van der Waals surface area (Å²) in [6, 6.07) is 6.04. The van der Waals surface area contributed by atoms with Crippen molar-refractivity contribution in [1.82, 2.24) is 5.32 Å². The number of hydrogen-bond donors (Lipinski definition) is 2. The van der Waals surface area contributed by atoms with Crippen LogP contribution in [-0.4, -0.2) is 24.2 Å².